The van der Waals surface area contributed by atoms with Crippen LogP contribution in [-0.4, -0.2) is 20.5 Å². The number of rotatable bonds is 4. The summed E-state index contributed by atoms with van der Waals surface area (Å²) in [5.74, 6) is 0. The van der Waals surface area contributed by atoms with Gasteiger partial charge in [-0.2, -0.15) is 0 Å². The Morgan fingerprint density at radius 2 is 1.62 bits per heavy atom. The maximum absolute atomic E-state index is 5.06. The van der Waals surface area contributed by atoms with E-state index in [1.165, 1.54) is 0 Å². The first-order valence-electron chi connectivity index (χ1n) is 3.15. The highest BCUT2D eigenvalue weighted by Gasteiger charge is 2.14. The largest absolute Gasteiger partial charge is 0.351 e. The Bertz CT molecular complexity index is 221. The number of ether oxygens (including phenoxy) is 2. The fraction of sp³-hybridized carbons (Fsp3) is 0.429. The Morgan fingerprint density at radius 1 is 1.15 bits per heavy atom. The quantitative estimate of drug-likeness (QED) is 0.478. The molecule has 0 unspecified atom stereocenters. The lowest BCUT2D eigenvalue weighted by Crippen LogP contribution is -2.13. The van der Waals surface area contributed by atoms with Crippen molar-refractivity contribution in [2.24, 2.45) is 0 Å². The summed E-state index contributed by atoms with van der Waals surface area (Å²) in [6.07, 6.45) is -0.408. The minimum Gasteiger partial charge on any atom is -0.351 e. The number of halogens is 4. The van der Waals surface area contributed by atoms with E-state index >= 15 is 0 Å². The molecule has 2 nitrogen and oxygen atoms in total. The number of hydrogen-bond acceptors (Lipinski definition) is 2. The van der Waals surface area contributed by atoms with E-state index < -0.39 is 6.29 Å². The van der Waals surface area contributed by atoms with Gasteiger partial charge in [0.15, 0.2) is 6.29 Å². The predicted molar refractivity (Wildman–Crippen MR) is 68.6 cm³/mol. The van der Waals surface area contributed by atoms with Gasteiger partial charge in [0, 0.05) is 23.2 Å². The Balaban J connectivity index is 4.78. The summed E-state index contributed by atoms with van der Waals surface area (Å²) < 4.78 is 12.6. The van der Waals surface area contributed by atoms with Crippen molar-refractivity contribution in [2.75, 3.05) is 14.2 Å². The van der Waals surface area contributed by atoms with Gasteiger partial charge < -0.3 is 9.47 Å². The normalized spacial score (nSPS) is 14.8. The van der Waals surface area contributed by atoms with E-state index in [9.17, 15) is 0 Å². The second-order valence-electron chi connectivity index (χ2n) is 1.92. The molecule has 0 fully saturated rings. The smallest absolute Gasteiger partial charge is 0.190 e. The summed E-state index contributed by atoms with van der Waals surface area (Å²) in [6, 6.07) is 0. The van der Waals surface area contributed by atoms with E-state index in [1.807, 2.05) is 0 Å². The topological polar surface area (TPSA) is 18.5 Å². The molecule has 76 valence electrons. The highest BCUT2D eigenvalue weighted by atomic mass is 79.9. The molecule has 0 spiro atoms. The van der Waals surface area contributed by atoms with Gasteiger partial charge in [-0.05, 0) is 52.8 Å². The van der Waals surface area contributed by atoms with Gasteiger partial charge in [0.2, 0.25) is 0 Å². The summed E-state index contributed by atoms with van der Waals surface area (Å²) in [6.45, 7) is 0. The molecule has 13 heavy (non-hydrogen) atoms. The summed E-state index contributed by atoms with van der Waals surface area (Å²) >= 11 is 13.3. The molecule has 0 aromatic heterocycles. The lowest BCUT2D eigenvalue weighted by atomic mass is 10.4. The van der Waals surface area contributed by atoms with E-state index in [1.54, 1.807) is 19.2 Å². The molecular formula is C7H8Br4O2. The summed E-state index contributed by atoms with van der Waals surface area (Å²) in [5.41, 5.74) is 0. The molecule has 0 heterocycles. The maximum Gasteiger partial charge on any atom is 0.190 e. The molecular weight excluding hydrogens is 436 g/mol. The molecule has 0 aliphatic heterocycles. The van der Waals surface area contributed by atoms with Crippen LogP contribution in [0.1, 0.15) is 0 Å². The van der Waals surface area contributed by atoms with Crippen molar-refractivity contribution >= 4 is 63.7 Å². The number of allylic oxidation sites excluding steroid dienone is 2. The van der Waals surface area contributed by atoms with Crippen molar-refractivity contribution in [1.82, 2.24) is 0 Å². The molecule has 0 aromatic rings. The van der Waals surface area contributed by atoms with E-state index in [2.05, 4.69) is 63.7 Å². The van der Waals surface area contributed by atoms with E-state index in [0.717, 1.165) is 13.4 Å². The molecule has 6 heteroatoms. The van der Waals surface area contributed by atoms with Gasteiger partial charge in [-0.15, -0.1) is 0 Å². The molecule has 0 aliphatic rings. The first-order valence-corrected chi connectivity index (χ1v) is 6.45. The molecule has 0 atom stereocenters. The van der Waals surface area contributed by atoms with E-state index in [-0.39, 0.29) is 0 Å². The van der Waals surface area contributed by atoms with Crippen LogP contribution in [0, 0.1) is 0 Å². The van der Waals surface area contributed by atoms with Crippen molar-refractivity contribution in [1.29, 1.82) is 0 Å². The Kier molecular flexibility index (Phi) is 8.36. The van der Waals surface area contributed by atoms with Crippen LogP contribution in [0.25, 0.3) is 0 Å². The average molecular weight is 444 g/mol. The lowest BCUT2D eigenvalue weighted by molar-refractivity contribution is -0.0688. The molecule has 0 amide bonds. The Labute approximate surface area is 111 Å². The molecule has 0 bridgehead atoms. The Hall–Kier alpha value is 1.32. The molecule has 0 aliphatic carbocycles. The summed E-state index contributed by atoms with van der Waals surface area (Å²) in [5, 5.41) is 0. The van der Waals surface area contributed by atoms with Gasteiger partial charge in [0.1, 0.15) is 0 Å². The van der Waals surface area contributed by atoms with Crippen LogP contribution in [0.3, 0.4) is 0 Å². The fourth-order valence-corrected chi connectivity index (χ4v) is 2.47. The number of methoxy groups -OCH3 is 2. The molecule has 0 N–H and O–H groups in total. The van der Waals surface area contributed by atoms with Crippen LogP contribution >= 0.6 is 63.7 Å². The average Bonchev–Trinajstić information content (AvgIpc) is 2.17. The molecule has 0 rings (SSSR count). The van der Waals surface area contributed by atoms with Crippen LogP contribution in [0.2, 0.25) is 0 Å². The lowest BCUT2D eigenvalue weighted by Gasteiger charge is -2.14. The SMILES string of the molecule is COC(OC)C(Br)=C(Br)C(Br)=CBr. The monoisotopic (exact) mass is 440 g/mol. The van der Waals surface area contributed by atoms with Gasteiger partial charge in [0.05, 0.1) is 4.48 Å². The van der Waals surface area contributed by atoms with Crippen molar-refractivity contribution in [3.8, 4) is 0 Å². The maximum atomic E-state index is 5.06. The van der Waals surface area contributed by atoms with Gasteiger partial charge in [-0.25, -0.2) is 0 Å². The molecule has 0 radical (unpaired) electrons. The summed E-state index contributed by atoms with van der Waals surface area (Å²) in [4.78, 5) is 1.74. The van der Waals surface area contributed by atoms with Crippen LogP contribution in [-0.2, 0) is 9.47 Å². The minimum absolute atomic E-state index is 0.408. The first-order chi connectivity index (χ1) is 6.08. The van der Waals surface area contributed by atoms with Crippen molar-refractivity contribution in [3.63, 3.8) is 0 Å². The zero-order chi connectivity index (χ0) is 10.4. The highest BCUT2D eigenvalue weighted by Crippen LogP contribution is 2.32. The van der Waals surface area contributed by atoms with E-state index in [4.69, 9.17) is 9.47 Å². The fourth-order valence-electron chi connectivity index (χ4n) is 0.569. The zero-order valence-electron chi connectivity index (χ0n) is 6.98. The second-order valence-corrected chi connectivity index (χ2v) is 4.88. The minimum atomic E-state index is -0.408. The molecule has 0 aromatic carbocycles. The van der Waals surface area contributed by atoms with E-state index in [0.29, 0.717) is 0 Å². The van der Waals surface area contributed by atoms with Crippen molar-refractivity contribution in [3.05, 3.63) is 18.4 Å². The standard InChI is InChI=1S/C7H8Br4O2/c1-12-7(13-2)6(11)5(10)4(9)3-8/h3,7H,1-2H3. The van der Waals surface area contributed by atoms with Crippen molar-refractivity contribution < 1.29 is 9.47 Å². The third-order valence-electron chi connectivity index (χ3n) is 1.15. The first kappa shape index (κ1) is 14.3. The van der Waals surface area contributed by atoms with Crippen LogP contribution < -0.4 is 0 Å². The van der Waals surface area contributed by atoms with Gasteiger partial charge in [-0.1, -0.05) is 15.9 Å². The van der Waals surface area contributed by atoms with Gasteiger partial charge in [0.25, 0.3) is 0 Å². The summed E-state index contributed by atoms with van der Waals surface area (Å²) in [7, 11) is 3.14. The Morgan fingerprint density at radius 3 is 1.92 bits per heavy atom. The van der Waals surface area contributed by atoms with Gasteiger partial charge in [-0.3, -0.25) is 0 Å². The third kappa shape index (κ3) is 4.57. The van der Waals surface area contributed by atoms with Gasteiger partial charge >= 0.3 is 0 Å². The predicted octanol–water partition coefficient (Wildman–Crippen LogP) is 4.24. The second kappa shape index (κ2) is 7.59. The zero-order valence-corrected chi connectivity index (χ0v) is 13.3. The molecule has 0 saturated carbocycles. The number of hydrogen-bond donors (Lipinski definition) is 0. The van der Waals surface area contributed by atoms with Crippen LogP contribution in [0.5, 0.6) is 0 Å². The van der Waals surface area contributed by atoms with Crippen LogP contribution in [0.15, 0.2) is 18.4 Å². The third-order valence-corrected chi connectivity index (χ3v) is 5.54. The molecule has 0 saturated heterocycles. The highest BCUT2D eigenvalue weighted by molar-refractivity contribution is 9.17. The van der Waals surface area contributed by atoms with Crippen molar-refractivity contribution in [2.45, 2.75) is 6.29 Å². The van der Waals surface area contributed by atoms with Crippen LogP contribution in [0.4, 0.5) is 0 Å².